The van der Waals surface area contributed by atoms with E-state index >= 15 is 0 Å². The number of nitrogens with one attached hydrogen (secondary N) is 1. The average molecular weight is 655 g/mol. The second-order valence-electron chi connectivity index (χ2n) is 13.4. The van der Waals surface area contributed by atoms with Gasteiger partial charge in [0.25, 0.3) is 0 Å². The number of fused-ring (bicyclic) bond motifs is 7. The minimum Gasteiger partial charge on any atom is -0.379 e. The predicted octanol–water partition coefficient (Wildman–Crippen LogP) is 11.6. The molecule has 4 heterocycles. The van der Waals surface area contributed by atoms with Gasteiger partial charge in [0.1, 0.15) is 0 Å². The van der Waals surface area contributed by atoms with Crippen LogP contribution in [0.15, 0.2) is 152 Å². The fourth-order valence-corrected chi connectivity index (χ4v) is 8.01. The molecule has 242 valence electrons. The summed E-state index contributed by atoms with van der Waals surface area (Å²) in [7, 11) is 2.19. The van der Waals surface area contributed by atoms with Crippen LogP contribution in [0, 0.1) is 0 Å². The zero-order valence-electron chi connectivity index (χ0n) is 28.2. The number of rotatable bonds is 4. The molecule has 0 saturated carbocycles. The van der Waals surface area contributed by atoms with Crippen LogP contribution in [-0.4, -0.2) is 23.6 Å². The Labute approximate surface area is 297 Å². The van der Waals surface area contributed by atoms with E-state index in [-0.39, 0.29) is 6.04 Å². The zero-order valence-corrected chi connectivity index (χ0v) is 28.2. The van der Waals surface area contributed by atoms with E-state index < -0.39 is 0 Å². The summed E-state index contributed by atoms with van der Waals surface area (Å²) in [6.45, 7) is 0.795. The third-order valence-corrected chi connectivity index (χ3v) is 10.5. The number of para-hydroxylation sites is 1. The van der Waals surface area contributed by atoms with Crippen molar-refractivity contribution in [2.75, 3.05) is 23.8 Å². The van der Waals surface area contributed by atoms with Crippen molar-refractivity contribution < 1.29 is 0 Å². The molecular formula is C47H34N4. The van der Waals surface area contributed by atoms with Crippen molar-refractivity contribution in [1.82, 2.24) is 9.97 Å². The van der Waals surface area contributed by atoms with Gasteiger partial charge < -0.3 is 10.2 Å². The summed E-state index contributed by atoms with van der Waals surface area (Å²) < 4.78 is 0. The highest BCUT2D eigenvalue weighted by atomic mass is 15.1. The number of hydrogen-bond donors (Lipinski definition) is 1. The molecule has 2 aliphatic heterocycles. The van der Waals surface area contributed by atoms with E-state index in [9.17, 15) is 0 Å². The topological polar surface area (TPSA) is 41.1 Å². The van der Waals surface area contributed by atoms with Gasteiger partial charge in [0.15, 0.2) is 0 Å². The second kappa shape index (κ2) is 11.8. The van der Waals surface area contributed by atoms with E-state index in [1.807, 2.05) is 0 Å². The number of pyridine rings is 2. The SMILES string of the molecule is CN1c2c(ccc3c(-c4ccc(-c5cc(-c6ccccc6)nc6c7c(ccc56)C=CCN7)cc4)c4ccccc4nc23)C=CC1c1ccccc1. The van der Waals surface area contributed by atoms with Crippen molar-refractivity contribution in [3.8, 4) is 33.5 Å². The number of benzene rings is 6. The van der Waals surface area contributed by atoms with Crippen LogP contribution in [0.5, 0.6) is 0 Å². The molecule has 1 N–H and O–H groups in total. The van der Waals surface area contributed by atoms with Crippen molar-refractivity contribution in [2.24, 2.45) is 0 Å². The molecule has 0 aliphatic carbocycles. The van der Waals surface area contributed by atoms with Gasteiger partial charge >= 0.3 is 0 Å². The Balaban J connectivity index is 1.15. The largest absolute Gasteiger partial charge is 0.379 e. The van der Waals surface area contributed by atoms with Crippen LogP contribution in [0.1, 0.15) is 22.7 Å². The van der Waals surface area contributed by atoms with Gasteiger partial charge in [-0.05, 0) is 45.5 Å². The number of aromatic nitrogens is 2. The quantitative estimate of drug-likeness (QED) is 0.192. The molecule has 8 aromatic rings. The minimum absolute atomic E-state index is 0.132. The minimum atomic E-state index is 0.132. The monoisotopic (exact) mass is 654 g/mol. The van der Waals surface area contributed by atoms with Crippen LogP contribution >= 0.6 is 0 Å². The lowest BCUT2D eigenvalue weighted by Gasteiger charge is -2.33. The Hall–Kier alpha value is -6.52. The molecule has 0 radical (unpaired) electrons. The number of anilines is 2. The molecule has 0 amide bonds. The highest BCUT2D eigenvalue weighted by Gasteiger charge is 2.25. The Morgan fingerprint density at radius 1 is 0.608 bits per heavy atom. The maximum atomic E-state index is 5.34. The van der Waals surface area contributed by atoms with Crippen LogP contribution in [0.3, 0.4) is 0 Å². The fraction of sp³-hybridized carbons (Fsp3) is 0.0638. The average Bonchev–Trinajstić information content (AvgIpc) is 3.20. The van der Waals surface area contributed by atoms with Crippen LogP contribution in [-0.2, 0) is 0 Å². The first-order valence-corrected chi connectivity index (χ1v) is 17.6. The molecule has 4 heteroatoms. The van der Waals surface area contributed by atoms with Gasteiger partial charge in [0.05, 0.1) is 39.7 Å². The molecule has 4 nitrogen and oxygen atoms in total. The van der Waals surface area contributed by atoms with Crippen molar-refractivity contribution in [1.29, 1.82) is 0 Å². The van der Waals surface area contributed by atoms with Crippen LogP contribution < -0.4 is 10.2 Å². The molecule has 10 rings (SSSR count). The van der Waals surface area contributed by atoms with Gasteiger partial charge in [-0.1, -0.05) is 152 Å². The summed E-state index contributed by atoms with van der Waals surface area (Å²) in [6, 6.07) is 50.1. The maximum Gasteiger partial charge on any atom is 0.0955 e. The van der Waals surface area contributed by atoms with Gasteiger partial charge in [0.2, 0.25) is 0 Å². The van der Waals surface area contributed by atoms with E-state index in [0.29, 0.717) is 0 Å². The molecule has 2 aliphatic rings. The predicted molar refractivity (Wildman–Crippen MR) is 215 cm³/mol. The highest BCUT2D eigenvalue weighted by molar-refractivity contribution is 6.14. The van der Waals surface area contributed by atoms with Crippen molar-refractivity contribution in [2.45, 2.75) is 6.04 Å². The molecule has 51 heavy (non-hydrogen) atoms. The Morgan fingerprint density at radius 2 is 1.33 bits per heavy atom. The molecular weight excluding hydrogens is 621 g/mol. The van der Waals surface area contributed by atoms with Gasteiger partial charge in [-0.3, -0.25) is 0 Å². The van der Waals surface area contributed by atoms with Gasteiger partial charge in [-0.15, -0.1) is 0 Å². The summed E-state index contributed by atoms with van der Waals surface area (Å²) in [5.41, 5.74) is 15.7. The maximum absolute atomic E-state index is 5.34. The summed E-state index contributed by atoms with van der Waals surface area (Å²) in [6.07, 6.45) is 8.89. The van der Waals surface area contributed by atoms with Gasteiger partial charge in [-0.25, -0.2) is 9.97 Å². The van der Waals surface area contributed by atoms with Gasteiger partial charge in [0, 0.05) is 40.9 Å². The molecule has 0 spiro atoms. The normalized spacial score (nSPS) is 14.8. The number of likely N-dealkylation sites (N-methyl/N-ethyl adjacent to an activating group) is 1. The zero-order chi connectivity index (χ0) is 33.9. The number of hydrogen-bond acceptors (Lipinski definition) is 4. The molecule has 2 aromatic heterocycles. The summed E-state index contributed by atoms with van der Waals surface area (Å²) in [5.74, 6) is 0. The van der Waals surface area contributed by atoms with Crippen LogP contribution in [0.25, 0.3) is 78.4 Å². The molecule has 0 bridgehead atoms. The van der Waals surface area contributed by atoms with Crippen molar-refractivity contribution in [3.05, 3.63) is 168 Å². The van der Waals surface area contributed by atoms with Gasteiger partial charge in [-0.2, -0.15) is 0 Å². The van der Waals surface area contributed by atoms with Crippen LogP contribution in [0.2, 0.25) is 0 Å². The smallest absolute Gasteiger partial charge is 0.0955 e. The van der Waals surface area contributed by atoms with E-state index in [0.717, 1.165) is 67.4 Å². The van der Waals surface area contributed by atoms with Crippen molar-refractivity contribution in [3.63, 3.8) is 0 Å². The summed E-state index contributed by atoms with van der Waals surface area (Å²) in [4.78, 5) is 12.9. The Kier molecular flexibility index (Phi) is 6.81. The third kappa shape index (κ3) is 4.83. The van der Waals surface area contributed by atoms with E-state index in [4.69, 9.17) is 9.97 Å². The highest BCUT2D eigenvalue weighted by Crippen LogP contribution is 2.45. The third-order valence-electron chi connectivity index (χ3n) is 10.5. The first-order valence-electron chi connectivity index (χ1n) is 17.6. The van der Waals surface area contributed by atoms with Crippen molar-refractivity contribution >= 4 is 56.2 Å². The first kappa shape index (κ1) is 29.4. The lowest BCUT2D eigenvalue weighted by Crippen LogP contribution is -2.26. The lowest BCUT2D eigenvalue weighted by atomic mass is 9.90. The standard InChI is InChI=1S/C47H34N4/c1-51-42(32-13-6-3-7-14-32)27-24-35-23-26-38-43(37-16-8-9-17-40(37)49-46(38)47(35)51)33-20-18-30(19-21-33)39-29-41(31-11-4-2-5-12-31)50-45-36(39)25-22-34-15-10-28-48-44(34)45/h2-27,29,42,48H,28H2,1H3. The van der Waals surface area contributed by atoms with E-state index in [1.54, 1.807) is 0 Å². The molecule has 1 atom stereocenters. The Morgan fingerprint density at radius 3 is 2.18 bits per heavy atom. The Bertz CT molecular complexity index is 2690. The first-order chi connectivity index (χ1) is 25.2. The van der Waals surface area contributed by atoms with Crippen LogP contribution in [0.4, 0.5) is 11.4 Å². The molecule has 0 fully saturated rings. The number of nitrogens with zero attached hydrogens (tertiary/aromatic N) is 3. The molecule has 1 unspecified atom stereocenters. The van der Waals surface area contributed by atoms with E-state index in [2.05, 4.69) is 181 Å². The summed E-state index contributed by atoms with van der Waals surface area (Å²) in [5, 5.41) is 7.04. The van der Waals surface area contributed by atoms with E-state index in [1.165, 1.54) is 33.4 Å². The second-order valence-corrected chi connectivity index (χ2v) is 13.4. The lowest BCUT2D eigenvalue weighted by molar-refractivity contribution is 0.807. The molecule has 0 saturated heterocycles. The fourth-order valence-electron chi connectivity index (χ4n) is 8.01. The molecule has 6 aromatic carbocycles. The summed E-state index contributed by atoms with van der Waals surface area (Å²) >= 11 is 0.